The van der Waals surface area contributed by atoms with Crippen LogP contribution in [0.4, 0.5) is 5.13 Å². The Morgan fingerprint density at radius 1 is 1.90 bits per heavy atom. The molecule has 0 bridgehead atoms. The van der Waals surface area contributed by atoms with Crippen molar-refractivity contribution in [3.8, 4) is 0 Å². The number of nitrogens with zero attached hydrogens (tertiary/aromatic N) is 1. The SMILES string of the molecule is C=C(C)Cc1cnc(N)s1. The lowest BCUT2D eigenvalue weighted by Crippen LogP contribution is -1.78. The Balaban J connectivity index is 2.67. The third-order valence-electron chi connectivity index (χ3n) is 1.05. The smallest absolute Gasteiger partial charge is 0.180 e. The van der Waals surface area contributed by atoms with Crippen molar-refractivity contribution in [3.63, 3.8) is 0 Å². The summed E-state index contributed by atoms with van der Waals surface area (Å²) >= 11 is 1.52. The van der Waals surface area contributed by atoms with Gasteiger partial charge in [-0.25, -0.2) is 4.98 Å². The number of rotatable bonds is 2. The molecule has 1 rings (SSSR count). The van der Waals surface area contributed by atoms with E-state index in [9.17, 15) is 0 Å². The molecule has 0 unspecified atom stereocenters. The highest BCUT2D eigenvalue weighted by Crippen LogP contribution is 2.16. The van der Waals surface area contributed by atoms with E-state index in [1.54, 1.807) is 6.20 Å². The van der Waals surface area contributed by atoms with Gasteiger partial charge >= 0.3 is 0 Å². The molecule has 54 valence electrons. The molecule has 1 aromatic rings. The molecule has 0 amide bonds. The number of nitrogen functional groups attached to an aromatic ring is 1. The fourth-order valence-electron chi connectivity index (χ4n) is 0.702. The van der Waals surface area contributed by atoms with Gasteiger partial charge in [0.1, 0.15) is 0 Å². The van der Waals surface area contributed by atoms with Crippen LogP contribution in [-0.4, -0.2) is 4.98 Å². The topological polar surface area (TPSA) is 38.9 Å². The Kier molecular flexibility index (Phi) is 2.06. The van der Waals surface area contributed by atoms with E-state index in [0.717, 1.165) is 12.0 Å². The van der Waals surface area contributed by atoms with E-state index in [2.05, 4.69) is 11.6 Å². The lowest BCUT2D eigenvalue weighted by Gasteiger charge is -1.90. The summed E-state index contributed by atoms with van der Waals surface area (Å²) in [6, 6.07) is 0. The first-order chi connectivity index (χ1) is 4.68. The van der Waals surface area contributed by atoms with Gasteiger partial charge < -0.3 is 5.73 Å². The average Bonchev–Trinajstić information content (AvgIpc) is 2.13. The molecule has 0 aliphatic carbocycles. The van der Waals surface area contributed by atoms with Gasteiger partial charge in [0, 0.05) is 17.5 Å². The van der Waals surface area contributed by atoms with Crippen LogP contribution in [0.25, 0.3) is 0 Å². The number of anilines is 1. The molecule has 0 aliphatic heterocycles. The van der Waals surface area contributed by atoms with Gasteiger partial charge in [-0.2, -0.15) is 0 Å². The van der Waals surface area contributed by atoms with E-state index in [0.29, 0.717) is 5.13 Å². The van der Waals surface area contributed by atoms with Crippen LogP contribution >= 0.6 is 11.3 Å². The normalized spacial score (nSPS) is 9.70. The van der Waals surface area contributed by atoms with Gasteiger partial charge in [0.2, 0.25) is 0 Å². The number of hydrogen-bond acceptors (Lipinski definition) is 3. The summed E-state index contributed by atoms with van der Waals surface area (Å²) < 4.78 is 0. The third-order valence-corrected chi connectivity index (χ3v) is 1.87. The summed E-state index contributed by atoms with van der Waals surface area (Å²) in [7, 11) is 0. The maximum Gasteiger partial charge on any atom is 0.180 e. The van der Waals surface area contributed by atoms with Crippen molar-refractivity contribution in [2.24, 2.45) is 0 Å². The molecule has 0 atom stereocenters. The highest BCUT2D eigenvalue weighted by atomic mass is 32.1. The first-order valence-corrected chi connectivity index (χ1v) is 3.84. The number of aromatic nitrogens is 1. The second kappa shape index (κ2) is 2.84. The molecule has 2 nitrogen and oxygen atoms in total. The lowest BCUT2D eigenvalue weighted by atomic mass is 10.2. The standard InChI is InChI=1S/C7H10N2S/c1-5(2)3-6-4-9-7(8)10-6/h4H,1,3H2,2H3,(H2,8,9). The van der Waals surface area contributed by atoms with Crippen molar-refractivity contribution < 1.29 is 0 Å². The number of allylic oxidation sites excluding steroid dienone is 1. The van der Waals surface area contributed by atoms with Crippen molar-refractivity contribution in [2.45, 2.75) is 13.3 Å². The monoisotopic (exact) mass is 154 g/mol. The van der Waals surface area contributed by atoms with E-state index in [1.807, 2.05) is 6.92 Å². The summed E-state index contributed by atoms with van der Waals surface area (Å²) in [6.45, 7) is 5.79. The molecule has 0 spiro atoms. The van der Waals surface area contributed by atoms with Gasteiger partial charge in [0.05, 0.1) is 0 Å². The molecule has 0 radical (unpaired) electrons. The van der Waals surface area contributed by atoms with Crippen LogP contribution in [0, 0.1) is 0 Å². The first kappa shape index (κ1) is 7.28. The summed E-state index contributed by atoms with van der Waals surface area (Å²) in [5.41, 5.74) is 6.57. The molecule has 10 heavy (non-hydrogen) atoms. The Morgan fingerprint density at radius 2 is 2.60 bits per heavy atom. The summed E-state index contributed by atoms with van der Waals surface area (Å²) in [4.78, 5) is 5.11. The molecule has 1 heterocycles. The van der Waals surface area contributed by atoms with E-state index >= 15 is 0 Å². The summed E-state index contributed by atoms with van der Waals surface area (Å²) in [6.07, 6.45) is 2.70. The van der Waals surface area contributed by atoms with Crippen LogP contribution < -0.4 is 5.73 Å². The van der Waals surface area contributed by atoms with Gasteiger partial charge in [-0.1, -0.05) is 12.2 Å². The molecule has 0 aliphatic rings. The van der Waals surface area contributed by atoms with Crippen LogP contribution in [0.15, 0.2) is 18.3 Å². The highest BCUT2D eigenvalue weighted by Gasteiger charge is 1.96. The summed E-state index contributed by atoms with van der Waals surface area (Å²) in [5.74, 6) is 0. The minimum atomic E-state index is 0.635. The molecule has 0 saturated carbocycles. The van der Waals surface area contributed by atoms with Crippen molar-refractivity contribution in [1.29, 1.82) is 0 Å². The highest BCUT2D eigenvalue weighted by molar-refractivity contribution is 7.15. The maximum atomic E-state index is 5.43. The van der Waals surface area contributed by atoms with E-state index in [4.69, 9.17) is 5.73 Å². The second-order valence-electron chi connectivity index (χ2n) is 2.30. The predicted octanol–water partition coefficient (Wildman–Crippen LogP) is 1.84. The fourth-order valence-corrected chi connectivity index (χ4v) is 1.50. The van der Waals surface area contributed by atoms with Crippen LogP contribution in [0.1, 0.15) is 11.8 Å². The second-order valence-corrected chi connectivity index (χ2v) is 3.45. The summed E-state index contributed by atoms with van der Waals surface area (Å²) in [5, 5.41) is 0.635. The predicted molar refractivity (Wildman–Crippen MR) is 45.0 cm³/mol. The number of nitrogens with two attached hydrogens (primary N) is 1. The van der Waals surface area contributed by atoms with Crippen LogP contribution in [-0.2, 0) is 6.42 Å². The quantitative estimate of drug-likeness (QED) is 0.660. The zero-order chi connectivity index (χ0) is 7.56. The van der Waals surface area contributed by atoms with Gasteiger partial charge in [-0.15, -0.1) is 11.3 Å². The van der Waals surface area contributed by atoms with E-state index in [1.165, 1.54) is 16.2 Å². The number of hydrogen-bond donors (Lipinski definition) is 1. The van der Waals surface area contributed by atoms with Crippen molar-refractivity contribution in [3.05, 3.63) is 23.2 Å². The van der Waals surface area contributed by atoms with Crippen molar-refractivity contribution in [2.75, 3.05) is 5.73 Å². The Bertz CT molecular complexity index is 240. The molecule has 0 fully saturated rings. The first-order valence-electron chi connectivity index (χ1n) is 3.03. The van der Waals surface area contributed by atoms with Crippen molar-refractivity contribution >= 4 is 16.5 Å². The van der Waals surface area contributed by atoms with E-state index in [-0.39, 0.29) is 0 Å². The van der Waals surface area contributed by atoms with Gasteiger partial charge in [0.15, 0.2) is 5.13 Å². The Labute approximate surface area is 64.4 Å². The Morgan fingerprint density at radius 3 is 3.00 bits per heavy atom. The van der Waals surface area contributed by atoms with Gasteiger partial charge in [-0.3, -0.25) is 0 Å². The van der Waals surface area contributed by atoms with Crippen molar-refractivity contribution in [1.82, 2.24) is 4.98 Å². The van der Waals surface area contributed by atoms with E-state index < -0.39 is 0 Å². The van der Waals surface area contributed by atoms with Crippen LogP contribution in [0.5, 0.6) is 0 Å². The number of thiazole rings is 1. The maximum absolute atomic E-state index is 5.43. The lowest BCUT2D eigenvalue weighted by molar-refractivity contribution is 1.18. The molecular weight excluding hydrogens is 144 g/mol. The molecule has 3 heteroatoms. The van der Waals surface area contributed by atoms with Gasteiger partial charge in [0.25, 0.3) is 0 Å². The zero-order valence-corrected chi connectivity index (χ0v) is 6.74. The molecule has 0 saturated heterocycles. The zero-order valence-electron chi connectivity index (χ0n) is 5.92. The molecule has 0 aromatic carbocycles. The fraction of sp³-hybridized carbons (Fsp3) is 0.286. The Hall–Kier alpha value is -0.830. The minimum Gasteiger partial charge on any atom is -0.375 e. The minimum absolute atomic E-state index is 0.635. The molecule has 1 aromatic heterocycles. The third kappa shape index (κ3) is 1.84. The van der Waals surface area contributed by atoms with Crippen LogP contribution in [0.3, 0.4) is 0 Å². The molecule has 2 N–H and O–H groups in total. The van der Waals surface area contributed by atoms with Crippen LogP contribution in [0.2, 0.25) is 0 Å². The van der Waals surface area contributed by atoms with Gasteiger partial charge in [-0.05, 0) is 6.92 Å². The largest absolute Gasteiger partial charge is 0.375 e. The average molecular weight is 154 g/mol. The molecular formula is C7H10N2S.